The van der Waals surface area contributed by atoms with Crippen molar-refractivity contribution >= 4 is 0 Å². The summed E-state index contributed by atoms with van der Waals surface area (Å²) in [6.45, 7) is 4.01. The Morgan fingerprint density at radius 2 is 1.78 bits per heavy atom. The van der Waals surface area contributed by atoms with Crippen molar-refractivity contribution in [3.05, 3.63) is 29.1 Å². The van der Waals surface area contributed by atoms with E-state index in [1.807, 2.05) is 13.8 Å². The van der Waals surface area contributed by atoms with Crippen molar-refractivity contribution in [2.45, 2.75) is 57.5 Å². The van der Waals surface area contributed by atoms with Crippen LogP contribution in [0.4, 0.5) is 13.2 Å². The van der Waals surface area contributed by atoms with Crippen LogP contribution in [-0.4, -0.2) is 4.98 Å². The normalized spacial score (nSPS) is 17.7. The molecule has 18 heavy (non-hydrogen) atoms. The second-order valence-corrected chi connectivity index (χ2v) is 5.30. The van der Waals surface area contributed by atoms with E-state index in [-0.39, 0.29) is 11.8 Å². The van der Waals surface area contributed by atoms with E-state index in [1.54, 1.807) is 6.07 Å². The summed E-state index contributed by atoms with van der Waals surface area (Å²) in [5.41, 5.74) is 0.890. The highest BCUT2D eigenvalue weighted by Crippen LogP contribution is 2.38. The van der Waals surface area contributed by atoms with Gasteiger partial charge in [-0.05, 0) is 30.4 Å². The minimum atomic E-state index is -4.34. The number of hydrogen-bond donors (Lipinski definition) is 0. The fourth-order valence-corrected chi connectivity index (χ4v) is 2.66. The third-order valence-corrected chi connectivity index (χ3v) is 3.61. The highest BCUT2D eigenvalue weighted by molar-refractivity contribution is 5.30. The highest BCUT2D eigenvalue weighted by Gasteiger charge is 2.34. The summed E-state index contributed by atoms with van der Waals surface area (Å²) in [4.78, 5) is 3.92. The molecule has 0 aromatic carbocycles. The first-order chi connectivity index (χ1) is 8.39. The van der Waals surface area contributed by atoms with E-state index >= 15 is 0 Å². The van der Waals surface area contributed by atoms with Gasteiger partial charge in [0.15, 0.2) is 0 Å². The summed E-state index contributed by atoms with van der Waals surface area (Å²) in [7, 11) is 0. The van der Waals surface area contributed by atoms with E-state index in [0.29, 0.717) is 5.69 Å². The molecule has 0 N–H and O–H groups in total. The summed E-state index contributed by atoms with van der Waals surface area (Å²) >= 11 is 0. The van der Waals surface area contributed by atoms with E-state index in [0.717, 1.165) is 37.3 Å². The minimum absolute atomic E-state index is 0.213. The lowest BCUT2D eigenvalue weighted by atomic mass is 9.92. The Bertz CT molecular complexity index is 418. The zero-order chi connectivity index (χ0) is 13.3. The van der Waals surface area contributed by atoms with E-state index in [9.17, 15) is 13.2 Å². The van der Waals surface area contributed by atoms with E-state index < -0.39 is 11.9 Å². The van der Waals surface area contributed by atoms with Gasteiger partial charge in [0.05, 0.1) is 0 Å². The van der Waals surface area contributed by atoms with Crippen LogP contribution in [0.25, 0.3) is 0 Å². The molecule has 0 amide bonds. The largest absolute Gasteiger partial charge is 0.433 e. The summed E-state index contributed by atoms with van der Waals surface area (Å²) < 4.78 is 38.2. The Morgan fingerprint density at radius 3 is 2.28 bits per heavy atom. The van der Waals surface area contributed by atoms with Crippen molar-refractivity contribution in [2.75, 3.05) is 0 Å². The molecule has 1 nitrogen and oxygen atoms in total. The summed E-state index contributed by atoms with van der Waals surface area (Å²) in [5.74, 6) is 0.431. The predicted octanol–water partition coefficient (Wildman–Crippen LogP) is 4.88. The van der Waals surface area contributed by atoms with Gasteiger partial charge in [0.25, 0.3) is 0 Å². The number of hydrogen-bond acceptors (Lipinski definition) is 1. The molecule has 100 valence electrons. The highest BCUT2D eigenvalue weighted by atomic mass is 19.4. The second-order valence-electron chi connectivity index (χ2n) is 5.30. The van der Waals surface area contributed by atoms with Crippen LogP contribution < -0.4 is 0 Å². The molecule has 0 spiro atoms. The number of aromatic nitrogens is 1. The first-order valence-electron chi connectivity index (χ1n) is 6.47. The van der Waals surface area contributed by atoms with Gasteiger partial charge in [-0.1, -0.05) is 32.8 Å². The topological polar surface area (TPSA) is 12.9 Å². The standard InChI is InChI=1S/C14H18F3N/c1-9(2)11-7-8-12(14(15,16)17)18-13(11)10-5-3-4-6-10/h7-10H,3-6H2,1-2H3. The van der Waals surface area contributed by atoms with Gasteiger partial charge in [0.2, 0.25) is 0 Å². The van der Waals surface area contributed by atoms with Crippen LogP contribution in [0.15, 0.2) is 12.1 Å². The van der Waals surface area contributed by atoms with Crippen LogP contribution in [0, 0.1) is 0 Å². The number of pyridine rings is 1. The van der Waals surface area contributed by atoms with Gasteiger partial charge in [-0.2, -0.15) is 13.2 Å². The quantitative estimate of drug-likeness (QED) is 0.735. The van der Waals surface area contributed by atoms with Crippen LogP contribution in [0.5, 0.6) is 0 Å². The molecule has 0 radical (unpaired) electrons. The lowest BCUT2D eigenvalue weighted by Gasteiger charge is -2.18. The second kappa shape index (κ2) is 4.90. The minimum Gasteiger partial charge on any atom is -0.248 e. The molecule has 2 rings (SSSR count). The Morgan fingerprint density at radius 1 is 1.17 bits per heavy atom. The monoisotopic (exact) mass is 257 g/mol. The fraction of sp³-hybridized carbons (Fsp3) is 0.643. The lowest BCUT2D eigenvalue weighted by molar-refractivity contribution is -0.141. The third kappa shape index (κ3) is 2.68. The van der Waals surface area contributed by atoms with Crippen LogP contribution in [0.2, 0.25) is 0 Å². The van der Waals surface area contributed by atoms with E-state index in [4.69, 9.17) is 0 Å². The molecule has 0 bridgehead atoms. The molecule has 0 atom stereocenters. The number of rotatable bonds is 2. The molecule has 1 heterocycles. The fourth-order valence-electron chi connectivity index (χ4n) is 2.66. The summed E-state index contributed by atoms with van der Waals surface area (Å²) in [6.07, 6.45) is -0.217. The molecule has 0 saturated heterocycles. The maximum Gasteiger partial charge on any atom is 0.433 e. The molecule has 1 aliphatic rings. The van der Waals surface area contributed by atoms with Crippen molar-refractivity contribution < 1.29 is 13.2 Å². The van der Waals surface area contributed by atoms with Crippen molar-refractivity contribution in [3.8, 4) is 0 Å². The van der Waals surface area contributed by atoms with Gasteiger partial charge in [-0.15, -0.1) is 0 Å². The average molecular weight is 257 g/mol. The van der Waals surface area contributed by atoms with Crippen molar-refractivity contribution in [1.29, 1.82) is 0 Å². The lowest BCUT2D eigenvalue weighted by Crippen LogP contribution is -2.13. The summed E-state index contributed by atoms with van der Waals surface area (Å²) in [6, 6.07) is 2.71. The molecular formula is C14H18F3N. The van der Waals surface area contributed by atoms with Gasteiger partial charge in [-0.25, -0.2) is 4.98 Å². The van der Waals surface area contributed by atoms with Crippen LogP contribution in [-0.2, 0) is 6.18 Å². The molecule has 1 fully saturated rings. The molecule has 1 aromatic rings. The first kappa shape index (κ1) is 13.4. The third-order valence-electron chi connectivity index (χ3n) is 3.61. The van der Waals surface area contributed by atoms with Gasteiger partial charge in [0, 0.05) is 11.6 Å². The number of halogens is 3. The Labute approximate surface area is 105 Å². The number of alkyl halides is 3. The average Bonchev–Trinajstić information content (AvgIpc) is 2.80. The SMILES string of the molecule is CC(C)c1ccc(C(F)(F)F)nc1C1CCCC1. The van der Waals surface area contributed by atoms with Crippen molar-refractivity contribution in [1.82, 2.24) is 4.98 Å². The number of nitrogens with zero attached hydrogens (tertiary/aromatic N) is 1. The van der Waals surface area contributed by atoms with Gasteiger partial charge in [0.1, 0.15) is 5.69 Å². The van der Waals surface area contributed by atoms with Gasteiger partial charge >= 0.3 is 6.18 Å². The van der Waals surface area contributed by atoms with Crippen molar-refractivity contribution in [2.24, 2.45) is 0 Å². The molecule has 1 aromatic heterocycles. The first-order valence-corrected chi connectivity index (χ1v) is 6.47. The van der Waals surface area contributed by atoms with Crippen LogP contribution >= 0.6 is 0 Å². The zero-order valence-corrected chi connectivity index (χ0v) is 10.7. The molecule has 1 aliphatic carbocycles. The van der Waals surface area contributed by atoms with E-state index in [2.05, 4.69) is 4.98 Å². The van der Waals surface area contributed by atoms with Crippen LogP contribution in [0.1, 0.15) is 68.3 Å². The van der Waals surface area contributed by atoms with Crippen molar-refractivity contribution in [3.63, 3.8) is 0 Å². The Hall–Kier alpha value is -1.06. The molecular weight excluding hydrogens is 239 g/mol. The smallest absolute Gasteiger partial charge is 0.248 e. The Balaban J connectivity index is 2.44. The molecule has 0 aliphatic heterocycles. The predicted molar refractivity (Wildman–Crippen MR) is 64.5 cm³/mol. The Kier molecular flexibility index (Phi) is 3.64. The van der Waals surface area contributed by atoms with Gasteiger partial charge < -0.3 is 0 Å². The maximum atomic E-state index is 12.7. The molecule has 4 heteroatoms. The summed E-state index contributed by atoms with van der Waals surface area (Å²) in [5, 5.41) is 0. The maximum absolute atomic E-state index is 12.7. The van der Waals surface area contributed by atoms with Gasteiger partial charge in [-0.3, -0.25) is 0 Å². The zero-order valence-electron chi connectivity index (χ0n) is 10.7. The molecule has 0 unspecified atom stereocenters. The van der Waals surface area contributed by atoms with Crippen LogP contribution in [0.3, 0.4) is 0 Å². The van der Waals surface area contributed by atoms with E-state index in [1.165, 1.54) is 0 Å². The molecule has 1 saturated carbocycles.